The first-order valence-electron chi connectivity index (χ1n) is 5.98. The normalized spacial score (nSPS) is 19.4. The quantitative estimate of drug-likeness (QED) is 0.664. The summed E-state index contributed by atoms with van der Waals surface area (Å²) < 4.78 is 1.14. The highest BCUT2D eigenvalue weighted by atomic mass is 127. The lowest BCUT2D eigenvalue weighted by atomic mass is 10.2. The molecular weight excluding hydrogens is 343 g/mol. The summed E-state index contributed by atoms with van der Waals surface area (Å²) in [6.07, 6.45) is 1.05. The molecule has 0 aliphatic carbocycles. The van der Waals surface area contributed by atoms with E-state index in [-0.39, 0.29) is 18.2 Å². The second-order valence-corrected chi connectivity index (χ2v) is 5.54. The summed E-state index contributed by atoms with van der Waals surface area (Å²) in [4.78, 5) is 25.1. The Labute approximate surface area is 120 Å². The highest BCUT2D eigenvalue weighted by Crippen LogP contribution is 2.19. The number of nitrogens with one attached hydrogen (secondary N) is 1. The Morgan fingerprint density at radius 3 is 2.61 bits per heavy atom. The van der Waals surface area contributed by atoms with Crippen LogP contribution in [-0.4, -0.2) is 29.3 Å². The largest absolute Gasteiger partial charge is 0.373 e. The lowest BCUT2D eigenvalue weighted by Gasteiger charge is -2.15. The molecule has 1 N–H and O–H groups in total. The summed E-state index contributed by atoms with van der Waals surface area (Å²) in [6.45, 7) is 2.48. The van der Waals surface area contributed by atoms with Crippen LogP contribution in [0.4, 0.5) is 5.69 Å². The van der Waals surface area contributed by atoms with Crippen molar-refractivity contribution in [2.24, 2.45) is 0 Å². The van der Waals surface area contributed by atoms with Crippen LogP contribution < -0.4 is 5.32 Å². The van der Waals surface area contributed by atoms with Gasteiger partial charge < -0.3 is 5.32 Å². The number of benzene rings is 1. The molecule has 4 nitrogen and oxygen atoms in total. The topological polar surface area (TPSA) is 49.4 Å². The van der Waals surface area contributed by atoms with Crippen LogP contribution in [0.15, 0.2) is 24.3 Å². The van der Waals surface area contributed by atoms with E-state index in [1.165, 1.54) is 4.90 Å². The number of carbonyl (C=O) groups excluding carboxylic acids is 2. The smallest absolute Gasteiger partial charge is 0.252 e. The van der Waals surface area contributed by atoms with Gasteiger partial charge in [-0.15, -0.1) is 0 Å². The predicted molar refractivity (Wildman–Crippen MR) is 78.2 cm³/mol. The number of imide groups is 1. The number of halogens is 1. The minimum absolute atomic E-state index is 0.0788. The molecular formula is C13H15IN2O2. The van der Waals surface area contributed by atoms with Crippen LogP contribution in [0.3, 0.4) is 0 Å². The third-order valence-corrected chi connectivity index (χ3v) is 3.60. The molecule has 1 unspecified atom stereocenters. The predicted octanol–water partition coefficient (Wildman–Crippen LogP) is 2.24. The molecule has 5 heteroatoms. The van der Waals surface area contributed by atoms with Crippen LogP contribution in [0.25, 0.3) is 0 Å². The van der Waals surface area contributed by atoms with Crippen molar-refractivity contribution < 1.29 is 9.59 Å². The van der Waals surface area contributed by atoms with Crippen LogP contribution in [-0.2, 0) is 9.59 Å². The number of rotatable bonds is 4. The van der Waals surface area contributed by atoms with Crippen molar-refractivity contribution in [2.45, 2.75) is 25.8 Å². The van der Waals surface area contributed by atoms with Crippen LogP contribution >= 0.6 is 22.6 Å². The molecule has 2 amide bonds. The average molecular weight is 358 g/mol. The molecule has 1 aromatic rings. The fourth-order valence-corrected chi connectivity index (χ4v) is 2.36. The van der Waals surface area contributed by atoms with E-state index in [0.717, 1.165) is 15.7 Å². The Kier molecular flexibility index (Phi) is 4.21. The van der Waals surface area contributed by atoms with E-state index < -0.39 is 6.04 Å². The van der Waals surface area contributed by atoms with E-state index >= 15 is 0 Å². The maximum atomic E-state index is 12.0. The first-order chi connectivity index (χ1) is 8.61. The number of hydrogen-bond acceptors (Lipinski definition) is 3. The van der Waals surface area contributed by atoms with Gasteiger partial charge in [-0.3, -0.25) is 14.5 Å². The maximum Gasteiger partial charge on any atom is 0.252 e. The van der Waals surface area contributed by atoms with E-state index in [1.807, 2.05) is 31.2 Å². The molecule has 0 aromatic heterocycles. The number of nitrogens with zero attached hydrogens (tertiary/aromatic N) is 1. The van der Waals surface area contributed by atoms with Gasteiger partial charge in [0.2, 0.25) is 5.91 Å². The van der Waals surface area contributed by atoms with Gasteiger partial charge in [-0.1, -0.05) is 6.92 Å². The van der Waals surface area contributed by atoms with Crippen molar-refractivity contribution in [3.05, 3.63) is 27.8 Å². The van der Waals surface area contributed by atoms with Crippen molar-refractivity contribution in [3.63, 3.8) is 0 Å². The van der Waals surface area contributed by atoms with Crippen LogP contribution in [0.5, 0.6) is 0 Å². The van der Waals surface area contributed by atoms with Crippen LogP contribution in [0, 0.1) is 3.57 Å². The van der Waals surface area contributed by atoms with Crippen LogP contribution in [0.1, 0.15) is 19.8 Å². The van der Waals surface area contributed by atoms with Gasteiger partial charge in [0.15, 0.2) is 0 Å². The molecule has 1 heterocycles. The Hall–Kier alpha value is -1.11. The maximum absolute atomic E-state index is 12.0. The van der Waals surface area contributed by atoms with Gasteiger partial charge >= 0.3 is 0 Å². The average Bonchev–Trinajstić information content (AvgIpc) is 2.60. The summed E-state index contributed by atoms with van der Waals surface area (Å²) in [7, 11) is 0. The molecule has 1 atom stereocenters. The van der Waals surface area contributed by atoms with E-state index in [2.05, 4.69) is 27.9 Å². The van der Waals surface area contributed by atoms with Crippen molar-refractivity contribution in [3.8, 4) is 0 Å². The molecule has 0 radical (unpaired) electrons. The van der Waals surface area contributed by atoms with Crippen molar-refractivity contribution in [2.75, 3.05) is 11.9 Å². The third kappa shape index (κ3) is 2.82. The zero-order valence-electron chi connectivity index (χ0n) is 10.1. The Bertz CT molecular complexity index is 459. The summed E-state index contributed by atoms with van der Waals surface area (Å²) >= 11 is 2.23. The molecule has 96 valence electrons. The van der Waals surface area contributed by atoms with Crippen LogP contribution in [0.2, 0.25) is 0 Å². The SMILES string of the molecule is CCCN1C(=O)CC(Nc2ccc(I)cc2)C1=O. The zero-order valence-corrected chi connectivity index (χ0v) is 12.3. The number of likely N-dealkylation sites (tertiary alicyclic amines) is 1. The molecule has 1 aliphatic rings. The summed E-state index contributed by atoms with van der Waals surface area (Å²) in [5, 5.41) is 3.12. The minimum atomic E-state index is -0.413. The third-order valence-electron chi connectivity index (χ3n) is 2.88. The van der Waals surface area contributed by atoms with E-state index in [0.29, 0.717) is 6.54 Å². The van der Waals surface area contributed by atoms with E-state index in [9.17, 15) is 9.59 Å². The lowest BCUT2D eigenvalue weighted by molar-refractivity contribution is -0.138. The number of hydrogen-bond donors (Lipinski definition) is 1. The molecule has 0 saturated carbocycles. The van der Waals surface area contributed by atoms with Gasteiger partial charge in [0.25, 0.3) is 5.91 Å². The summed E-state index contributed by atoms with van der Waals surface area (Å²) in [5.41, 5.74) is 0.875. The lowest BCUT2D eigenvalue weighted by Crippen LogP contribution is -2.35. The molecule has 18 heavy (non-hydrogen) atoms. The first-order valence-corrected chi connectivity index (χ1v) is 7.06. The first kappa shape index (κ1) is 13.3. The number of amides is 2. The molecule has 1 aliphatic heterocycles. The van der Waals surface area contributed by atoms with Gasteiger partial charge in [-0.25, -0.2) is 0 Å². The van der Waals surface area contributed by atoms with Gasteiger partial charge in [0, 0.05) is 15.8 Å². The molecule has 0 spiro atoms. The zero-order chi connectivity index (χ0) is 13.1. The van der Waals surface area contributed by atoms with E-state index in [1.54, 1.807) is 0 Å². The minimum Gasteiger partial charge on any atom is -0.373 e. The Balaban J connectivity index is 2.05. The molecule has 2 rings (SSSR count). The van der Waals surface area contributed by atoms with Crippen molar-refractivity contribution in [1.82, 2.24) is 4.90 Å². The number of anilines is 1. The summed E-state index contributed by atoms with van der Waals surface area (Å²) in [6, 6.07) is 7.36. The Morgan fingerprint density at radius 2 is 2.00 bits per heavy atom. The highest BCUT2D eigenvalue weighted by Gasteiger charge is 2.37. The highest BCUT2D eigenvalue weighted by molar-refractivity contribution is 14.1. The van der Waals surface area contributed by atoms with Gasteiger partial charge in [-0.05, 0) is 53.3 Å². The summed E-state index contributed by atoms with van der Waals surface area (Å²) in [5.74, 6) is -0.190. The Morgan fingerprint density at radius 1 is 1.33 bits per heavy atom. The fourth-order valence-electron chi connectivity index (χ4n) is 2.00. The monoisotopic (exact) mass is 358 g/mol. The van der Waals surface area contributed by atoms with Gasteiger partial charge in [0.05, 0.1) is 6.42 Å². The van der Waals surface area contributed by atoms with Gasteiger partial charge in [-0.2, -0.15) is 0 Å². The second kappa shape index (κ2) is 5.69. The van der Waals surface area contributed by atoms with Gasteiger partial charge in [0.1, 0.15) is 6.04 Å². The van der Waals surface area contributed by atoms with Crippen molar-refractivity contribution >= 4 is 40.1 Å². The molecule has 0 bridgehead atoms. The molecule has 1 aromatic carbocycles. The molecule has 1 saturated heterocycles. The van der Waals surface area contributed by atoms with Crippen molar-refractivity contribution in [1.29, 1.82) is 0 Å². The molecule has 1 fully saturated rings. The number of carbonyl (C=O) groups is 2. The standard InChI is InChI=1S/C13H15IN2O2/c1-2-7-16-12(17)8-11(13(16)18)15-10-5-3-9(14)4-6-10/h3-6,11,15H,2,7-8H2,1H3. The van der Waals surface area contributed by atoms with E-state index in [4.69, 9.17) is 0 Å². The fraction of sp³-hybridized carbons (Fsp3) is 0.385. The second-order valence-electron chi connectivity index (χ2n) is 4.29.